The minimum Gasteiger partial charge on any atom is -0.360 e. The summed E-state index contributed by atoms with van der Waals surface area (Å²) in [7, 11) is 0. The van der Waals surface area contributed by atoms with Crippen molar-refractivity contribution in [1.82, 2.24) is 4.90 Å². The van der Waals surface area contributed by atoms with Crippen LogP contribution in [0.25, 0.3) is 0 Å². The largest absolute Gasteiger partial charge is 0.360 e. The highest BCUT2D eigenvalue weighted by atomic mass is 15.2. The minimum absolute atomic E-state index is 0.369. The first-order valence-electron chi connectivity index (χ1n) is 5.65. The molecule has 2 heteroatoms. The number of amidine groups is 1. The van der Waals surface area contributed by atoms with Crippen LogP contribution in [0.15, 0.2) is 0 Å². The Morgan fingerprint density at radius 3 is 2.29 bits per heavy atom. The van der Waals surface area contributed by atoms with Crippen molar-refractivity contribution in [3.63, 3.8) is 0 Å². The third-order valence-electron chi connectivity index (χ3n) is 3.30. The second-order valence-electron chi connectivity index (χ2n) is 5.84. The lowest BCUT2D eigenvalue weighted by atomic mass is 9.80. The molecule has 0 radical (unpaired) electrons. The maximum absolute atomic E-state index is 7.96. The molecule has 0 aliphatic carbocycles. The van der Waals surface area contributed by atoms with Gasteiger partial charge >= 0.3 is 0 Å². The summed E-state index contributed by atoms with van der Waals surface area (Å²) < 4.78 is 0. The van der Waals surface area contributed by atoms with Crippen LogP contribution in [0, 0.1) is 22.7 Å². The molecule has 0 amide bonds. The topological polar surface area (TPSA) is 27.1 Å². The zero-order valence-corrected chi connectivity index (χ0v) is 10.2. The molecule has 0 aromatic carbocycles. The monoisotopic (exact) mass is 196 g/mol. The van der Waals surface area contributed by atoms with Crippen molar-refractivity contribution in [2.45, 2.75) is 41.0 Å². The van der Waals surface area contributed by atoms with Crippen LogP contribution in [0.1, 0.15) is 41.0 Å². The van der Waals surface area contributed by atoms with Gasteiger partial charge in [0.05, 0.1) is 5.84 Å². The molecule has 1 fully saturated rings. The van der Waals surface area contributed by atoms with Crippen molar-refractivity contribution < 1.29 is 0 Å². The van der Waals surface area contributed by atoms with Gasteiger partial charge in [0, 0.05) is 19.0 Å². The Hall–Kier alpha value is -0.530. The molecule has 0 aromatic heterocycles. The van der Waals surface area contributed by atoms with Gasteiger partial charge in [0.2, 0.25) is 0 Å². The maximum Gasteiger partial charge on any atom is 0.0983 e. The van der Waals surface area contributed by atoms with E-state index in [4.69, 9.17) is 5.41 Å². The van der Waals surface area contributed by atoms with Gasteiger partial charge in [-0.05, 0) is 17.8 Å². The van der Waals surface area contributed by atoms with E-state index in [-0.39, 0.29) is 0 Å². The zero-order chi connectivity index (χ0) is 10.9. The Bertz CT molecular complexity index is 213. The predicted octanol–water partition coefficient (Wildman–Crippen LogP) is 2.99. The molecule has 0 spiro atoms. The van der Waals surface area contributed by atoms with Crippen molar-refractivity contribution >= 4 is 5.84 Å². The van der Waals surface area contributed by atoms with Crippen LogP contribution >= 0.6 is 0 Å². The van der Waals surface area contributed by atoms with Crippen LogP contribution < -0.4 is 0 Å². The molecule has 1 aliphatic heterocycles. The fourth-order valence-electron chi connectivity index (χ4n) is 2.05. The van der Waals surface area contributed by atoms with Crippen LogP contribution in [-0.2, 0) is 0 Å². The molecule has 1 saturated heterocycles. The average molecular weight is 196 g/mol. The van der Waals surface area contributed by atoms with Gasteiger partial charge in [0.15, 0.2) is 0 Å². The first-order chi connectivity index (χ1) is 6.32. The van der Waals surface area contributed by atoms with Gasteiger partial charge in [-0.2, -0.15) is 0 Å². The smallest absolute Gasteiger partial charge is 0.0983 e. The number of nitrogens with one attached hydrogen (secondary N) is 1. The summed E-state index contributed by atoms with van der Waals surface area (Å²) >= 11 is 0. The molecule has 1 atom stereocenters. The molecule has 2 nitrogen and oxygen atoms in total. The Morgan fingerprint density at radius 1 is 1.36 bits per heavy atom. The summed E-state index contributed by atoms with van der Waals surface area (Å²) in [5.41, 5.74) is 0.395. The van der Waals surface area contributed by atoms with Crippen LogP contribution in [0.5, 0.6) is 0 Å². The fraction of sp³-hybridized carbons (Fsp3) is 0.917. The van der Waals surface area contributed by atoms with Crippen LogP contribution in [0.4, 0.5) is 0 Å². The first kappa shape index (κ1) is 11.5. The number of likely N-dealkylation sites (tertiary alicyclic amines) is 1. The molecule has 1 heterocycles. The molecular formula is C12H24N2. The summed E-state index contributed by atoms with van der Waals surface area (Å²) in [5, 5.41) is 7.96. The maximum atomic E-state index is 7.96. The van der Waals surface area contributed by atoms with E-state index in [0.717, 1.165) is 24.8 Å². The normalized spacial score (nSPS) is 23.3. The summed E-state index contributed by atoms with van der Waals surface area (Å²) in [4.78, 5) is 2.25. The Labute approximate surface area is 88.2 Å². The fourth-order valence-corrected chi connectivity index (χ4v) is 2.05. The van der Waals surface area contributed by atoms with E-state index in [0.29, 0.717) is 11.3 Å². The number of nitrogens with zero attached hydrogens (tertiary/aromatic N) is 1. The van der Waals surface area contributed by atoms with Crippen LogP contribution in [0.2, 0.25) is 0 Å². The highest BCUT2D eigenvalue weighted by Crippen LogP contribution is 2.33. The summed E-state index contributed by atoms with van der Waals surface area (Å²) in [6.07, 6.45) is 1.25. The number of hydrogen-bond acceptors (Lipinski definition) is 1. The third-order valence-corrected chi connectivity index (χ3v) is 3.30. The molecule has 1 aliphatic rings. The molecule has 1 unspecified atom stereocenters. The summed E-state index contributed by atoms with van der Waals surface area (Å²) in [6, 6.07) is 0. The van der Waals surface area contributed by atoms with Crippen molar-refractivity contribution in [2.75, 3.05) is 13.1 Å². The van der Waals surface area contributed by atoms with E-state index in [9.17, 15) is 0 Å². The highest BCUT2D eigenvalue weighted by molar-refractivity contribution is 5.81. The van der Waals surface area contributed by atoms with Gasteiger partial charge in [0.1, 0.15) is 0 Å². The second kappa shape index (κ2) is 3.92. The van der Waals surface area contributed by atoms with Gasteiger partial charge in [0.25, 0.3) is 0 Å². The molecule has 0 bridgehead atoms. The third kappa shape index (κ3) is 2.49. The lowest BCUT2D eigenvalue weighted by Gasteiger charge is -2.28. The standard InChI is InChI=1S/C12H24N2/c1-9(2)11(13)14-7-6-10(8-14)12(3,4)5/h9-10,13H,6-8H2,1-5H3. The Kier molecular flexibility index (Phi) is 3.23. The minimum atomic E-state index is 0.369. The lowest BCUT2D eigenvalue weighted by Crippen LogP contribution is -2.33. The SMILES string of the molecule is CC(C)C(=N)N1CCC(C(C)(C)C)C1. The summed E-state index contributed by atoms with van der Waals surface area (Å²) in [6.45, 7) is 13.3. The van der Waals surface area contributed by atoms with Gasteiger partial charge in [-0.25, -0.2) is 0 Å². The molecule has 0 aromatic rings. The molecule has 14 heavy (non-hydrogen) atoms. The average Bonchev–Trinajstić information content (AvgIpc) is 2.49. The Balaban J connectivity index is 2.54. The van der Waals surface area contributed by atoms with Gasteiger partial charge < -0.3 is 4.90 Å². The van der Waals surface area contributed by atoms with Crippen molar-refractivity contribution in [3.8, 4) is 0 Å². The second-order valence-corrected chi connectivity index (χ2v) is 5.84. The van der Waals surface area contributed by atoms with E-state index in [2.05, 4.69) is 39.5 Å². The van der Waals surface area contributed by atoms with E-state index in [1.165, 1.54) is 6.42 Å². The molecule has 0 saturated carbocycles. The van der Waals surface area contributed by atoms with Crippen molar-refractivity contribution in [3.05, 3.63) is 0 Å². The van der Waals surface area contributed by atoms with E-state index in [1.54, 1.807) is 0 Å². The number of hydrogen-bond donors (Lipinski definition) is 1. The van der Waals surface area contributed by atoms with Crippen molar-refractivity contribution in [2.24, 2.45) is 17.3 Å². The van der Waals surface area contributed by atoms with Crippen LogP contribution in [0.3, 0.4) is 0 Å². The highest BCUT2D eigenvalue weighted by Gasteiger charge is 2.32. The van der Waals surface area contributed by atoms with Gasteiger partial charge in [-0.15, -0.1) is 0 Å². The quantitative estimate of drug-likeness (QED) is 0.506. The van der Waals surface area contributed by atoms with E-state index in [1.807, 2.05) is 0 Å². The number of rotatable bonds is 1. The molecule has 82 valence electrons. The summed E-state index contributed by atoms with van der Waals surface area (Å²) in [5.74, 6) is 1.94. The van der Waals surface area contributed by atoms with Crippen LogP contribution in [-0.4, -0.2) is 23.8 Å². The van der Waals surface area contributed by atoms with E-state index >= 15 is 0 Å². The van der Waals surface area contributed by atoms with Crippen molar-refractivity contribution in [1.29, 1.82) is 5.41 Å². The lowest BCUT2D eigenvalue weighted by molar-refractivity contribution is 0.249. The molecular weight excluding hydrogens is 172 g/mol. The molecule has 1 N–H and O–H groups in total. The van der Waals surface area contributed by atoms with Gasteiger partial charge in [-0.1, -0.05) is 34.6 Å². The predicted molar refractivity (Wildman–Crippen MR) is 61.7 cm³/mol. The Morgan fingerprint density at radius 2 is 1.93 bits per heavy atom. The van der Waals surface area contributed by atoms with Gasteiger partial charge in [-0.3, -0.25) is 5.41 Å². The molecule has 1 rings (SSSR count). The zero-order valence-electron chi connectivity index (χ0n) is 10.2. The first-order valence-corrected chi connectivity index (χ1v) is 5.65. The van der Waals surface area contributed by atoms with E-state index < -0.39 is 0 Å².